The Hall–Kier alpha value is -3.33. The average Bonchev–Trinajstić information content (AvgIpc) is 3.28. The second kappa shape index (κ2) is 7.25. The number of likely N-dealkylation sites (tertiary alicyclic amines) is 1. The van der Waals surface area contributed by atoms with Crippen molar-refractivity contribution in [3.05, 3.63) is 54.5 Å². The van der Waals surface area contributed by atoms with Crippen LogP contribution in [0.2, 0.25) is 0 Å². The number of nitrogens with one attached hydrogen (secondary N) is 2. The fourth-order valence-corrected chi connectivity index (χ4v) is 3.60. The number of carbonyl (C=O) groups excluding carboxylic acids is 2. The standard InChI is InChI=1S/C20H19F2N5O2/c21-20(22)8-17(23)27(11-20)18(28)10-26-19(29)14-4-6-24-9-15(14)12-2-1-3-16-13(12)5-7-25-16/h1-7,9,17,25H,8,10-11,23H2,(H,26,29)/t17-/m0/s1. The van der Waals surface area contributed by atoms with Crippen LogP contribution in [0, 0.1) is 0 Å². The lowest BCUT2D eigenvalue weighted by atomic mass is 9.98. The van der Waals surface area contributed by atoms with Gasteiger partial charge in [-0.2, -0.15) is 0 Å². The normalized spacial score (nSPS) is 18.2. The molecule has 0 radical (unpaired) electrons. The Kier molecular flexibility index (Phi) is 4.75. The summed E-state index contributed by atoms with van der Waals surface area (Å²) >= 11 is 0. The third kappa shape index (κ3) is 3.68. The maximum atomic E-state index is 13.4. The number of hydrogen-bond donors (Lipinski definition) is 3. The molecule has 1 atom stereocenters. The predicted octanol–water partition coefficient (Wildman–Crippen LogP) is 2.11. The number of amides is 2. The third-order valence-corrected chi connectivity index (χ3v) is 4.98. The lowest BCUT2D eigenvalue weighted by molar-refractivity contribution is -0.132. The van der Waals surface area contributed by atoms with Crippen LogP contribution in [0.4, 0.5) is 8.78 Å². The molecule has 4 N–H and O–H groups in total. The van der Waals surface area contributed by atoms with E-state index in [-0.39, 0.29) is 0 Å². The summed E-state index contributed by atoms with van der Waals surface area (Å²) in [5.41, 5.74) is 8.28. The minimum Gasteiger partial charge on any atom is -0.361 e. The highest BCUT2D eigenvalue weighted by molar-refractivity contribution is 6.06. The average molecular weight is 399 g/mol. The van der Waals surface area contributed by atoms with Gasteiger partial charge in [-0.25, -0.2) is 8.78 Å². The van der Waals surface area contributed by atoms with Crippen molar-refractivity contribution in [1.82, 2.24) is 20.2 Å². The van der Waals surface area contributed by atoms with Crippen LogP contribution in [-0.4, -0.2) is 51.9 Å². The van der Waals surface area contributed by atoms with Gasteiger partial charge in [0, 0.05) is 41.5 Å². The van der Waals surface area contributed by atoms with Crippen LogP contribution in [0.15, 0.2) is 48.9 Å². The molecular weight excluding hydrogens is 380 g/mol. The molecule has 1 saturated heterocycles. The van der Waals surface area contributed by atoms with Crippen LogP contribution >= 0.6 is 0 Å². The number of alkyl halides is 2. The van der Waals surface area contributed by atoms with Crippen LogP contribution in [0.3, 0.4) is 0 Å². The van der Waals surface area contributed by atoms with Crippen molar-refractivity contribution in [3.8, 4) is 11.1 Å². The number of aromatic amines is 1. The Balaban J connectivity index is 1.53. The molecule has 0 bridgehead atoms. The summed E-state index contributed by atoms with van der Waals surface area (Å²) in [4.78, 5) is 33.1. The van der Waals surface area contributed by atoms with E-state index in [1.165, 1.54) is 6.20 Å². The lowest BCUT2D eigenvalue weighted by Gasteiger charge is -2.20. The number of nitrogens with zero attached hydrogens (tertiary/aromatic N) is 2. The Morgan fingerprint density at radius 1 is 1.28 bits per heavy atom. The van der Waals surface area contributed by atoms with E-state index in [4.69, 9.17) is 5.73 Å². The van der Waals surface area contributed by atoms with Crippen LogP contribution < -0.4 is 11.1 Å². The second-order valence-corrected chi connectivity index (χ2v) is 7.00. The van der Waals surface area contributed by atoms with E-state index in [9.17, 15) is 18.4 Å². The zero-order valence-corrected chi connectivity index (χ0v) is 15.4. The predicted molar refractivity (Wildman–Crippen MR) is 103 cm³/mol. The first-order valence-corrected chi connectivity index (χ1v) is 9.07. The Morgan fingerprint density at radius 3 is 2.86 bits per heavy atom. The van der Waals surface area contributed by atoms with Gasteiger partial charge in [-0.1, -0.05) is 12.1 Å². The summed E-state index contributed by atoms with van der Waals surface area (Å²) < 4.78 is 26.9. The zero-order chi connectivity index (χ0) is 20.6. The summed E-state index contributed by atoms with van der Waals surface area (Å²) in [5, 5.41) is 3.44. The first kappa shape index (κ1) is 19.0. The van der Waals surface area contributed by atoms with Gasteiger partial charge in [-0.05, 0) is 23.8 Å². The summed E-state index contributed by atoms with van der Waals surface area (Å²) in [7, 11) is 0. The highest BCUT2D eigenvalue weighted by atomic mass is 19.3. The fraction of sp³-hybridized carbons (Fsp3) is 0.250. The molecule has 0 spiro atoms. The molecule has 1 aromatic carbocycles. The van der Waals surface area contributed by atoms with Crippen molar-refractivity contribution >= 4 is 22.7 Å². The van der Waals surface area contributed by atoms with E-state index in [1.807, 2.05) is 24.3 Å². The largest absolute Gasteiger partial charge is 0.361 e. The molecule has 0 saturated carbocycles. The van der Waals surface area contributed by atoms with E-state index in [0.717, 1.165) is 21.4 Å². The Bertz CT molecular complexity index is 1080. The van der Waals surface area contributed by atoms with Gasteiger partial charge in [-0.3, -0.25) is 14.6 Å². The molecule has 7 nitrogen and oxygen atoms in total. The molecule has 1 aliphatic rings. The van der Waals surface area contributed by atoms with Gasteiger partial charge in [-0.15, -0.1) is 0 Å². The highest BCUT2D eigenvalue weighted by Crippen LogP contribution is 2.31. The number of aromatic nitrogens is 2. The van der Waals surface area contributed by atoms with Gasteiger partial charge in [0.05, 0.1) is 24.8 Å². The number of rotatable bonds is 4. The van der Waals surface area contributed by atoms with Crippen molar-refractivity contribution in [2.75, 3.05) is 13.1 Å². The number of benzene rings is 1. The quantitative estimate of drug-likeness (QED) is 0.625. The summed E-state index contributed by atoms with van der Waals surface area (Å²) in [5.74, 6) is -4.15. The van der Waals surface area contributed by atoms with Crippen molar-refractivity contribution in [3.63, 3.8) is 0 Å². The van der Waals surface area contributed by atoms with Crippen molar-refractivity contribution in [2.24, 2.45) is 5.73 Å². The molecule has 1 fully saturated rings. The van der Waals surface area contributed by atoms with E-state index in [2.05, 4.69) is 15.3 Å². The van der Waals surface area contributed by atoms with Crippen LogP contribution in [0.25, 0.3) is 22.0 Å². The first-order chi connectivity index (χ1) is 13.9. The topological polar surface area (TPSA) is 104 Å². The molecule has 3 heterocycles. The summed E-state index contributed by atoms with van der Waals surface area (Å²) in [6, 6.07) is 9.11. The fourth-order valence-electron chi connectivity index (χ4n) is 3.60. The zero-order valence-electron chi connectivity index (χ0n) is 15.4. The summed E-state index contributed by atoms with van der Waals surface area (Å²) in [6.45, 7) is -1.16. The van der Waals surface area contributed by atoms with Gasteiger partial charge in [0.25, 0.3) is 11.8 Å². The monoisotopic (exact) mass is 399 g/mol. The molecule has 29 heavy (non-hydrogen) atoms. The first-order valence-electron chi connectivity index (χ1n) is 9.07. The van der Waals surface area contributed by atoms with E-state index in [0.29, 0.717) is 11.1 Å². The van der Waals surface area contributed by atoms with E-state index < -0.39 is 43.4 Å². The summed E-state index contributed by atoms with van der Waals surface area (Å²) in [6.07, 6.45) is 3.22. The molecule has 3 aromatic rings. The van der Waals surface area contributed by atoms with Crippen molar-refractivity contribution < 1.29 is 18.4 Å². The molecule has 1 aliphatic heterocycles. The molecule has 2 aromatic heterocycles. The van der Waals surface area contributed by atoms with Gasteiger partial charge >= 0.3 is 0 Å². The van der Waals surface area contributed by atoms with Gasteiger partial charge in [0.1, 0.15) is 0 Å². The number of carbonyl (C=O) groups is 2. The molecule has 9 heteroatoms. The minimum absolute atomic E-state index is 0.331. The SMILES string of the molecule is N[C@@H]1CC(F)(F)CN1C(=O)CNC(=O)c1ccncc1-c1cccc2[nH]ccc12. The van der Waals surface area contributed by atoms with Gasteiger partial charge in [0.15, 0.2) is 0 Å². The van der Waals surface area contributed by atoms with Crippen LogP contribution in [0.1, 0.15) is 16.8 Å². The molecule has 150 valence electrons. The van der Waals surface area contributed by atoms with Crippen LogP contribution in [-0.2, 0) is 4.79 Å². The molecule has 0 unspecified atom stereocenters. The lowest BCUT2D eigenvalue weighted by Crippen LogP contribution is -2.46. The number of nitrogens with two attached hydrogens (primary N) is 1. The Morgan fingerprint density at radius 2 is 2.10 bits per heavy atom. The number of fused-ring (bicyclic) bond motifs is 1. The number of pyridine rings is 1. The third-order valence-electron chi connectivity index (χ3n) is 4.98. The van der Waals surface area contributed by atoms with Crippen molar-refractivity contribution in [2.45, 2.75) is 18.5 Å². The smallest absolute Gasteiger partial charge is 0.268 e. The number of halogens is 2. The second-order valence-electron chi connectivity index (χ2n) is 7.00. The molecule has 2 amide bonds. The van der Waals surface area contributed by atoms with Gasteiger partial charge in [0.2, 0.25) is 5.91 Å². The molecule has 0 aliphatic carbocycles. The van der Waals surface area contributed by atoms with Crippen molar-refractivity contribution in [1.29, 1.82) is 0 Å². The van der Waals surface area contributed by atoms with E-state index >= 15 is 0 Å². The Labute approximate surface area is 164 Å². The number of H-pyrrole nitrogens is 1. The molecule has 4 rings (SSSR count). The van der Waals surface area contributed by atoms with E-state index in [1.54, 1.807) is 18.5 Å². The van der Waals surface area contributed by atoms with Gasteiger partial charge < -0.3 is 20.9 Å². The molecular formula is C20H19F2N5O2. The minimum atomic E-state index is -3.01. The number of hydrogen-bond acceptors (Lipinski definition) is 4. The maximum absolute atomic E-state index is 13.4. The maximum Gasteiger partial charge on any atom is 0.268 e. The highest BCUT2D eigenvalue weighted by Gasteiger charge is 2.45. The van der Waals surface area contributed by atoms with Crippen LogP contribution in [0.5, 0.6) is 0 Å².